The zero-order chi connectivity index (χ0) is 15.9. The molecule has 4 nitrogen and oxygen atoms in total. The van der Waals surface area contributed by atoms with Crippen LogP contribution in [0.2, 0.25) is 0 Å². The highest BCUT2D eigenvalue weighted by molar-refractivity contribution is 5.90. The number of aromatic nitrogens is 1. The van der Waals surface area contributed by atoms with Gasteiger partial charge in [-0.05, 0) is 18.6 Å². The Kier molecular flexibility index (Phi) is 5.75. The van der Waals surface area contributed by atoms with Crippen molar-refractivity contribution in [2.75, 3.05) is 18.0 Å². The van der Waals surface area contributed by atoms with Gasteiger partial charge < -0.3 is 10.0 Å². The third-order valence-corrected chi connectivity index (χ3v) is 3.90. The van der Waals surface area contributed by atoms with Crippen molar-refractivity contribution in [1.29, 1.82) is 0 Å². The lowest BCUT2D eigenvalue weighted by Crippen LogP contribution is -2.33. The second kappa shape index (κ2) is 7.78. The second-order valence-electron chi connectivity index (χ2n) is 5.74. The fourth-order valence-electron chi connectivity index (χ4n) is 2.61. The van der Waals surface area contributed by atoms with Gasteiger partial charge in [-0.3, -0.25) is 9.78 Å². The molecule has 1 aromatic carbocycles. The van der Waals surface area contributed by atoms with Crippen molar-refractivity contribution in [2.45, 2.75) is 33.1 Å². The Morgan fingerprint density at radius 2 is 2.05 bits per heavy atom. The molecule has 1 aromatic heterocycles. The molecule has 118 valence electrons. The summed E-state index contributed by atoms with van der Waals surface area (Å²) in [7, 11) is 0. The molecule has 2 rings (SSSR count). The van der Waals surface area contributed by atoms with Crippen LogP contribution in [0.3, 0.4) is 0 Å². The Hall–Kier alpha value is -2.10. The van der Waals surface area contributed by atoms with Crippen LogP contribution in [0.1, 0.15) is 33.1 Å². The first kappa shape index (κ1) is 16.3. The minimum absolute atomic E-state index is 0.402. The predicted molar refractivity (Wildman–Crippen MR) is 90.3 cm³/mol. The number of nitrogens with zero attached hydrogens (tertiary/aromatic N) is 2. The Balaban J connectivity index is 2.31. The van der Waals surface area contributed by atoms with Crippen LogP contribution in [0.15, 0.2) is 36.5 Å². The van der Waals surface area contributed by atoms with E-state index in [1.165, 1.54) is 0 Å². The molecule has 0 bridgehead atoms. The minimum atomic E-state index is -0.756. The van der Waals surface area contributed by atoms with E-state index in [1.54, 1.807) is 13.1 Å². The van der Waals surface area contributed by atoms with Crippen molar-refractivity contribution in [3.63, 3.8) is 0 Å². The number of benzene rings is 1. The number of pyridine rings is 1. The molecule has 4 heteroatoms. The van der Waals surface area contributed by atoms with Crippen LogP contribution in [0.4, 0.5) is 5.69 Å². The van der Waals surface area contributed by atoms with E-state index in [-0.39, 0.29) is 0 Å². The summed E-state index contributed by atoms with van der Waals surface area (Å²) in [6.45, 7) is 5.30. The number of para-hydroxylation sites is 1. The third-order valence-electron chi connectivity index (χ3n) is 3.90. The van der Waals surface area contributed by atoms with Crippen molar-refractivity contribution in [2.24, 2.45) is 5.92 Å². The molecule has 0 aliphatic carbocycles. The Labute approximate surface area is 131 Å². The summed E-state index contributed by atoms with van der Waals surface area (Å²) in [6.07, 6.45) is 5.15. The van der Waals surface area contributed by atoms with Crippen molar-refractivity contribution in [1.82, 2.24) is 4.98 Å². The second-order valence-corrected chi connectivity index (χ2v) is 5.74. The lowest BCUT2D eigenvalue weighted by molar-refractivity contribution is -0.140. The molecule has 1 unspecified atom stereocenters. The first-order valence-electron chi connectivity index (χ1n) is 7.95. The normalized spacial score (nSPS) is 12.3. The molecular formula is C18H24N2O2. The summed E-state index contributed by atoms with van der Waals surface area (Å²) in [4.78, 5) is 17.9. The number of hydrogen-bond donors (Lipinski definition) is 1. The first-order valence-corrected chi connectivity index (χ1v) is 7.95. The first-order chi connectivity index (χ1) is 10.6. The summed E-state index contributed by atoms with van der Waals surface area (Å²) < 4.78 is 0. The summed E-state index contributed by atoms with van der Waals surface area (Å²) >= 11 is 0. The van der Waals surface area contributed by atoms with Crippen molar-refractivity contribution in [3.8, 4) is 0 Å². The van der Waals surface area contributed by atoms with Crippen LogP contribution in [0.5, 0.6) is 0 Å². The Morgan fingerprint density at radius 1 is 1.27 bits per heavy atom. The maximum absolute atomic E-state index is 11.2. The van der Waals surface area contributed by atoms with Crippen LogP contribution in [-0.4, -0.2) is 29.1 Å². The number of carboxylic acids is 1. The maximum atomic E-state index is 11.2. The molecule has 0 saturated heterocycles. The molecule has 1 N–H and O–H groups in total. The number of hydrogen-bond acceptors (Lipinski definition) is 3. The number of rotatable bonds is 8. The van der Waals surface area contributed by atoms with E-state index >= 15 is 0 Å². The van der Waals surface area contributed by atoms with Crippen molar-refractivity contribution >= 4 is 22.6 Å². The summed E-state index contributed by atoms with van der Waals surface area (Å²) in [5.41, 5.74) is 1.97. The topological polar surface area (TPSA) is 53.4 Å². The monoisotopic (exact) mass is 300 g/mol. The van der Waals surface area contributed by atoms with Gasteiger partial charge in [-0.1, -0.05) is 44.9 Å². The Bertz CT molecular complexity index is 622. The zero-order valence-electron chi connectivity index (χ0n) is 13.3. The van der Waals surface area contributed by atoms with Gasteiger partial charge in [0.05, 0.1) is 17.1 Å². The maximum Gasteiger partial charge on any atom is 0.308 e. The molecule has 0 saturated carbocycles. The van der Waals surface area contributed by atoms with Crippen LogP contribution in [-0.2, 0) is 4.79 Å². The van der Waals surface area contributed by atoms with Gasteiger partial charge in [0.1, 0.15) is 0 Å². The van der Waals surface area contributed by atoms with Gasteiger partial charge in [-0.25, -0.2) is 0 Å². The molecule has 0 fully saturated rings. The fourth-order valence-corrected chi connectivity index (χ4v) is 2.61. The number of unbranched alkanes of at least 4 members (excludes halogenated alkanes) is 2. The molecule has 0 amide bonds. The fraction of sp³-hybridized carbons (Fsp3) is 0.444. The van der Waals surface area contributed by atoms with Crippen LogP contribution < -0.4 is 4.90 Å². The van der Waals surface area contributed by atoms with Crippen molar-refractivity contribution < 1.29 is 9.90 Å². The summed E-state index contributed by atoms with van der Waals surface area (Å²) in [5.74, 6) is -1.16. The van der Waals surface area contributed by atoms with Crippen LogP contribution in [0, 0.1) is 5.92 Å². The van der Waals surface area contributed by atoms with Gasteiger partial charge in [0.2, 0.25) is 0 Å². The molecule has 1 atom stereocenters. The predicted octanol–water partition coefficient (Wildman–Crippen LogP) is 3.95. The number of aliphatic carboxylic acids is 1. The molecule has 0 spiro atoms. The highest BCUT2D eigenvalue weighted by atomic mass is 16.4. The van der Waals surface area contributed by atoms with Gasteiger partial charge in [0.15, 0.2) is 0 Å². The molecule has 2 aromatic rings. The molecule has 0 aliphatic heterocycles. The van der Waals surface area contributed by atoms with Crippen molar-refractivity contribution in [3.05, 3.63) is 36.5 Å². The minimum Gasteiger partial charge on any atom is -0.481 e. The number of fused-ring (bicyclic) bond motifs is 1. The lowest BCUT2D eigenvalue weighted by atomic mass is 10.1. The summed E-state index contributed by atoms with van der Waals surface area (Å²) in [6, 6.07) is 10.0. The average molecular weight is 300 g/mol. The van der Waals surface area contributed by atoms with Gasteiger partial charge in [-0.2, -0.15) is 0 Å². The van der Waals surface area contributed by atoms with E-state index in [2.05, 4.69) is 16.8 Å². The van der Waals surface area contributed by atoms with E-state index in [9.17, 15) is 9.90 Å². The SMILES string of the molecule is CCCCCN(CC(C)C(=O)O)c1cccc2cccnc12. The van der Waals surface area contributed by atoms with Gasteiger partial charge >= 0.3 is 5.97 Å². The summed E-state index contributed by atoms with van der Waals surface area (Å²) in [5, 5.41) is 10.3. The van der Waals surface area contributed by atoms with Gasteiger partial charge in [0.25, 0.3) is 0 Å². The Morgan fingerprint density at radius 3 is 2.77 bits per heavy atom. The average Bonchev–Trinajstić information content (AvgIpc) is 2.53. The molecule has 22 heavy (non-hydrogen) atoms. The number of carbonyl (C=O) groups is 1. The van der Waals surface area contributed by atoms with E-state index in [1.807, 2.05) is 30.3 Å². The van der Waals surface area contributed by atoms with E-state index in [0.717, 1.165) is 42.4 Å². The van der Waals surface area contributed by atoms with E-state index in [4.69, 9.17) is 0 Å². The largest absolute Gasteiger partial charge is 0.481 e. The molecule has 1 heterocycles. The zero-order valence-corrected chi connectivity index (χ0v) is 13.3. The molecule has 0 aliphatic rings. The standard InChI is InChI=1S/C18H24N2O2/c1-3-4-5-12-20(13-14(2)18(21)22)16-10-6-8-15-9-7-11-19-17(15)16/h6-11,14H,3-5,12-13H2,1-2H3,(H,21,22). The number of anilines is 1. The van der Waals surface area contributed by atoms with Crippen LogP contribution in [0.25, 0.3) is 10.9 Å². The van der Waals surface area contributed by atoms with Crippen LogP contribution >= 0.6 is 0 Å². The lowest BCUT2D eigenvalue weighted by Gasteiger charge is -2.27. The number of carboxylic acid groups (broad SMARTS) is 1. The molecular weight excluding hydrogens is 276 g/mol. The quantitative estimate of drug-likeness (QED) is 0.750. The third kappa shape index (κ3) is 3.97. The van der Waals surface area contributed by atoms with Gasteiger partial charge in [-0.15, -0.1) is 0 Å². The van der Waals surface area contributed by atoms with Gasteiger partial charge in [0, 0.05) is 24.7 Å². The molecule has 0 radical (unpaired) electrons. The smallest absolute Gasteiger partial charge is 0.308 e. The highest BCUT2D eigenvalue weighted by Crippen LogP contribution is 2.26. The highest BCUT2D eigenvalue weighted by Gasteiger charge is 2.18. The van der Waals surface area contributed by atoms with E-state index < -0.39 is 11.9 Å². The van der Waals surface area contributed by atoms with E-state index in [0.29, 0.717) is 6.54 Å².